The van der Waals surface area contributed by atoms with E-state index >= 15 is 0 Å². The van der Waals surface area contributed by atoms with Crippen molar-refractivity contribution in [3.8, 4) is 11.5 Å². The first-order valence-corrected chi connectivity index (χ1v) is 6.59. The molecule has 20 heavy (non-hydrogen) atoms. The largest absolute Gasteiger partial charge is 0.497 e. The topological polar surface area (TPSA) is 86.3 Å². The fraction of sp³-hybridized carbons (Fsp3) is 0.500. The van der Waals surface area contributed by atoms with Gasteiger partial charge in [-0.2, -0.15) is 0 Å². The first kappa shape index (κ1) is 16.1. The lowest BCUT2D eigenvalue weighted by atomic mass is 10.2. The highest BCUT2D eigenvalue weighted by Crippen LogP contribution is 2.24. The molecule has 0 aliphatic carbocycles. The highest BCUT2D eigenvalue weighted by atomic mass is 16.5. The molecule has 6 nitrogen and oxygen atoms in total. The lowest BCUT2D eigenvalue weighted by molar-refractivity contribution is 0.0979. The second-order valence-corrected chi connectivity index (χ2v) is 4.16. The monoisotopic (exact) mass is 282 g/mol. The fourth-order valence-corrected chi connectivity index (χ4v) is 1.57. The molecule has 0 aromatic heterocycles. The number of benzene rings is 1. The summed E-state index contributed by atoms with van der Waals surface area (Å²) in [5.41, 5.74) is 6.12. The van der Waals surface area contributed by atoms with Crippen molar-refractivity contribution in [3.05, 3.63) is 23.8 Å². The number of methoxy groups -OCH3 is 1. The van der Waals surface area contributed by atoms with E-state index in [1.165, 1.54) is 0 Å². The van der Waals surface area contributed by atoms with Crippen LogP contribution in [-0.4, -0.2) is 38.0 Å². The summed E-state index contributed by atoms with van der Waals surface area (Å²) in [6.45, 7) is 3.72. The maximum Gasteiger partial charge on any atom is 0.173 e. The van der Waals surface area contributed by atoms with Crippen molar-refractivity contribution in [3.63, 3.8) is 0 Å². The number of ether oxygens (including phenoxy) is 3. The van der Waals surface area contributed by atoms with Crippen molar-refractivity contribution in [2.75, 3.05) is 26.9 Å². The Hall–Kier alpha value is -1.95. The van der Waals surface area contributed by atoms with E-state index in [1.807, 2.05) is 0 Å². The Balaban J connectivity index is 2.61. The Kier molecular flexibility index (Phi) is 7.27. The Labute approximate surface area is 119 Å². The van der Waals surface area contributed by atoms with E-state index in [0.29, 0.717) is 30.3 Å². The van der Waals surface area contributed by atoms with E-state index in [2.05, 4.69) is 12.1 Å². The SMILES string of the molecule is CCCCOCCOc1cc(OC)ccc1/C(N)=N/O. The molecule has 112 valence electrons. The van der Waals surface area contributed by atoms with Gasteiger partial charge in [-0.15, -0.1) is 0 Å². The minimum absolute atomic E-state index is 0.00504. The van der Waals surface area contributed by atoms with E-state index in [-0.39, 0.29) is 5.84 Å². The molecule has 1 aromatic carbocycles. The number of rotatable bonds is 9. The standard InChI is InChI=1S/C14H22N2O4/c1-3-4-7-19-8-9-20-13-10-11(18-2)5-6-12(13)14(15)16-17/h5-6,10,17H,3-4,7-9H2,1-2H3,(H2,15,16). The third-order valence-electron chi connectivity index (χ3n) is 2.70. The molecule has 0 aliphatic heterocycles. The number of amidine groups is 1. The van der Waals surface area contributed by atoms with Gasteiger partial charge < -0.3 is 25.2 Å². The average Bonchev–Trinajstić information content (AvgIpc) is 2.49. The van der Waals surface area contributed by atoms with Crippen LogP contribution in [0.2, 0.25) is 0 Å². The summed E-state index contributed by atoms with van der Waals surface area (Å²) in [6.07, 6.45) is 2.14. The Morgan fingerprint density at radius 1 is 1.30 bits per heavy atom. The van der Waals surface area contributed by atoms with Crippen LogP contribution >= 0.6 is 0 Å². The molecular formula is C14H22N2O4. The van der Waals surface area contributed by atoms with Gasteiger partial charge in [0.25, 0.3) is 0 Å². The molecule has 0 amide bonds. The molecule has 0 unspecified atom stereocenters. The summed E-state index contributed by atoms with van der Waals surface area (Å²) < 4.78 is 16.1. The van der Waals surface area contributed by atoms with Crippen molar-refractivity contribution in [2.24, 2.45) is 10.9 Å². The van der Waals surface area contributed by atoms with Gasteiger partial charge in [-0.3, -0.25) is 0 Å². The van der Waals surface area contributed by atoms with Gasteiger partial charge >= 0.3 is 0 Å². The molecule has 0 saturated heterocycles. The molecule has 0 fully saturated rings. The molecule has 0 saturated carbocycles. The van der Waals surface area contributed by atoms with Gasteiger partial charge in [0.2, 0.25) is 0 Å². The number of nitrogens with zero attached hydrogens (tertiary/aromatic N) is 1. The van der Waals surface area contributed by atoms with Crippen molar-refractivity contribution in [1.29, 1.82) is 0 Å². The van der Waals surface area contributed by atoms with Crippen molar-refractivity contribution in [1.82, 2.24) is 0 Å². The van der Waals surface area contributed by atoms with Crippen LogP contribution in [0.15, 0.2) is 23.4 Å². The lowest BCUT2D eigenvalue weighted by Gasteiger charge is -2.12. The van der Waals surface area contributed by atoms with Crippen molar-refractivity contribution >= 4 is 5.84 Å². The van der Waals surface area contributed by atoms with E-state index in [9.17, 15) is 0 Å². The molecule has 0 spiro atoms. The molecule has 0 atom stereocenters. The van der Waals surface area contributed by atoms with Crippen molar-refractivity contribution in [2.45, 2.75) is 19.8 Å². The number of hydrogen-bond acceptors (Lipinski definition) is 5. The van der Waals surface area contributed by atoms with Gasteiger partial charge in [-0.05, 0) is 18.6 Å². The molecule has 0 radical (unpaired) electrons. The maximum atomic E-state index is 8.76. The zero-order valence-electron chi connectivity index (χ0n) is 12.0. The summed E-state index contributed by atoms with van der Waals surface area (Å²) in [6, 6.07) is 5.10. The predicted octanol–water partition coefficient (Wildman–Crippen LogP) is 1.99. The summed E-state index contributed by atoms with van der Waals surface area (Å²) in [5, 5.41) is 11.7. The van der Waals surface area contributed by atoms with Crippen LogP contribution < -0.4 is 15.2 Å². The molecule has 3 N–H and O–H groups in total. The van der Waals surface area contributed by atoms with E-state index in [0.717, 1.165) is 19.4 Å². The molecule has 0 heterocycles. The van der Waals surface area contributed by atoms with Crippen molar-refractivity contribution < 1.29 is 19.4 Å². The molecule has 1 aromatic rings. The van der Waals surface area contributed by atoms with Crippen LogP contribution in [0.4, 0.5) is 0 Å². The Morgan fingerprint density at radius 2 is 2.10 bits per heavy atom. The van der Waals surface area contributed by atoms with Crippen LogP contribution in [0.1, 0.15) is 25.3 Å². The number of hydrogen-bond donors (Lipinski definition) is 2. The van der Waals surface area contributed by atoms with Gasteiger partial charge in [-0.25, -0.2) is 0 Å². The highest BCUT2D eigenvalue weighted by molar-refractivity contribution is 5.99. The first-order valence-electron chi connectivity index (χ1n) is 6.59. The zero-order valence-corrected chi connectivity index (χ0v) is 12.0. The van der Waals surface area contributed by atoms with Crippen LogP contribution in [0.25, 0.3) is 0 Å². The summed E-state index contributed by atoms with van der Waals surface area (Å²) in [4.78, 5) is 0. The molecule has 0 bridgehead atoms. The quantitative estimate of drug-likeness (QED) is 0.238. The molecule has 1 rings (SSSR count). The van der Waals surface area contributed by atoms with E-state index < -0.39 is 0 Å². The normalized spacial score (nSPS) is 11.4. The first-order chi connectivity index (χ1) is 9.72. The van der Waals surface area contributed by atoms with Crippen LogP contribution in [0, 0.1) is 0 Å². The number of oxime groups is 1. The fourth-order valence-electron chi connectivity index (χ4n) is 1.57. The minimum Gasteiger partial charge on any atom is -0.497 e. The minimum atomic E-state index is -0.00504. The second-order valence-electron chi connectivity index (χ2n) is 4.16. The number of unbranched alkanes of at least 4 members (excludes halogenated alkanes) is 1. The molecular weight excluding hydrogens is 260 g/mol. The summed E-state index contributed by atoms with van der Waals surface area (Å²) in [7, 11) is 1.57. The van der Waals surface area contributed by atoms with Crippen LogP contribution in [0.3, 0.4) is 0 Å². The zero-order chi connectivity index (χ0) is 14.8. The highest BCUT2D eigenvalue weighted by Gasteiger charge is 2.10. The Morgan fingerprint density at radius 3 is 2.75 bits per heavy atom. The predicted molar refractivity (Wildman–Crippen MR) is 76.7 cm³/mol. The second kappa shape index (κ2) is 9.03. The van der Waals surface area contributed by atoms with Crippen LogP contribution in [0.5, 0.6) is 11.5 Å². The summed E-state index contributed by atoms with van der Waals surface area (Å²) >= 11 is 0. The van der Waals surface area contributed by atoms with Crippen LogP contribution in [-0.2, 0) is 4.74 Å². The van der Waals surface area contributed by atoms with Gasteiger partial charge in [0.05, 0.1) is 19.3 Å². The van der Waals surface area contributed by atoms with E-state index in [4.69, 9.17) is 25.2 Å². The third kappa shape index (κ3) is 4.97. The third-order valence-corrected chi connectivity index (χ3v) is 2.70. The maximum absolute atomic E-state index is 8.76. The molecule has 6 heteroatoms. The van der Waals surface area contributed by atoms with E-state index in [1.54, 1.807) is 25.3 Å². The lowest BCUT2D eigenvalue weighted by Crippen LogP contribution is -2.16. The number of nitrogens with two attached hydrogens (primary N) is 1. The smallest absolute Gasteiger partial charge is 0.173 e. The molecule has 0 aliphatic rings. The van der Waals surface area contributed by atoms with Gasteiger partial charge in [0.15, 0.2) is 5.84 Å². The van der Waals surface area contributed by atoms with Gasteiger partial charge in [0.1, 0.15) is 18.1 Å². The summed E-state index contributed by atoms with van der Waals surface area (Å²) in [5.74, 6) is 1.13. The average molecular weight is 282 g/mol. The van der Waals surface area contributed by atoms with Gasteiger partial charge in [-0.1, -0.05) is 18.5 Å². The Bertz CT molecular complexity index is 435. The van der Waals surface area contributed by atoms with Gasteiger partial charge in [0, 0.05) is 12.7 Å².